The summed E-state index contributed by atoms with van der Waals surface area (Å²) in [5.41, 5.74) is 3.20. The van der Waals surface area contributed by atoms with E-state index in [1.807, 2.05) is 36.4 Å². The summed E-state index contributed by atoms with van der Waals surface area (Å²) in [5.74, 6) is -0.0696. The van der Waals surface area contributed by atoms with Gasteiger partial charge in [-0.25, -0.2) is 0 Å². The van der Waals surface area contributed by atoms with Gasteiger partial charge in [-0.1, -0.05) is 59.6 Å². The number of rotatable bonds is 5. The fourth-order valence-electron chi connectivity index (χ4n) is 4.07. The summed E-state index contributed by atoms with van der Waals surface area (Å²) < 4.78 is 5.98. The van der Waals surface area contributed by atoms with Crippen molar-refractivity contribution in [3.63, 3.8) is 0 Å². The van der Waals surface area contributed by atoms with Gasteiger partial charge in [0.25, 0.3) is 5.91 Å². The molecular formula is C27H20Cl3N3O3. The quantitative estimate of drug-likeness (QED) is 0.242. The number of fused-ring (bicyclic) bond motifs is 2. The van der Waals surface area contributed by atoms with Crippen molar-refractivity contribution in [3.8, 4) is 0 Å². The number of aromatic nitrogens is 1. The molecule has 0 unspecified atom stereocenters. The van der Waals surface area contributed by atoms with Gasteiger partial charge in [-0.15, -0.1) is 12.4 Å². The van der Waals surface area contributed by atoms with Crippen LogP contribution < -0.4 is 10.6 Å². The van der Waals surface area contributed by atoms with Crippen molar-refractivity contribution in [1.82, 2.24) is 4.98 Å². The Labute approximate surface area is 223 Å². The minimum absolute atomic E-state index is 0. The molecule has 9 heteroatoms. The van der Waals surface area contributed by atoms with Gasteiger partial charge in [0.2, 0.25) is 5.91 Å². The summed E-state index contributed by atoms with van der Waals surface area (Å²) >= 11 is 12.4. The van der Waals surface area contributed by atoms with Crippen LogP contribution in [-0.4, -0.2) is 16.8 Å². The van der Waals surface area contributed by atoms with Crippen LogP contribution in [0.2, 0.25) is 10.0 Å². The fraction of sp³-hybridized carbons (Fsp3) is 0.0741. The van der Waals surface area contributed by atoms with Crippen molar-refractivity contribution >= 4 is 80.7 Å². The Kier molecular flexibility index (Phi) is 7.50. The Morgan fingerprint density at radius 2 is 1.56 bits per heavy atom. The largest absolute Gasteiger partial charge is 0.459 e. The smallest absolute Gasteiger partial charge is 0.258 e. The highest BCUT2D eigenvalue weighted by molar-refractivity contribution is 6.40. The summed E-state index contributed by atoms with van der Waals surface area (Å²) in [6.07, 6.45) is 1.78. The molecule has 0 aliphatic carbocycles. The lowest BCUT2D eigenvalue weighted by atomic mass is 10.1. The van der Waals surface area contributed by atoms with Crippen LogP contribution in [0.1, 0.15) is 21.7 Å². The molecule has 0 fully saturated rings. The third kappa shape index (κ3) is 4.88. The number of hydrogen-bond acceptors (Lipinski definition) is 4. The average molecular weight is 541 g/mol. The number of carbonyl (C=O) groups excluding carboxylic acids is 2. The SMILES string of the molecule is Cc1oc2c(NC(=O)c3c(Cl)cccc3Cl)cccc2c1CC(=O)Nc1cccc2cccnc12.Cl. The summed E-state index contributed by atoms with van der Waals surface area (Å²) in [7, 11) is 0. The van der Waals surface area contributed by atoms with Gasteiger partial charge in [-0.05, 0) is 37.3 Å². The van der Waals surface area contributed by atoms with Crippen molar-refractivity contribution in [1.29, 1.82) is 0 Å². The van der Waals surface area contributed by atoms with Crippen LogP contribution in [0, 0.1) is 6.92 Å². The van der Waals surface area contributed by atoms with E-state index in [4.69, 9.17) is 27.6 Å². The molecule has 0 radical (unpaired) electrons. The first-order valence-electron chi connectivity index (χ1n) is 10.8. The van der Waals surface area contributed by atoms with E-state index >= 15 is 0 Å². The van der Waals surface area contributed by atoms with Gasteiger partial charge in [0, 0.05) is 22.5 Å². The molecule has 0 saturated heterocycles. The van der Waals surface area contributed by atoms with Gasteiger partial charge in [-0.3, -0.25) is 14.6 Å². The zero-order valence-electron chi connectivity index (χ0n) is 19.0. The molecular weight excluding hydrogens is 521 g/mol. The number of anilines is 2. The number of furan rings is 1. The van der Waals surface area contributed by atoms with E-state index in [0.29, 0.717) is 22.7 Å². The third-order valence-corrected chi connectivity index (χ3v) is 6.33. The van der Waals surface area contributed by atoms with E-state index in [9.17, 15) is 9.59 Å². The van der Waals surface area contributed by atoms with Gasteiger partial charge in [0.15, 0.2) is 5.58 Å². The molecule has 2 amide bonds. The Bertz CT molecular complexity index is 1590. The first kappa shape index (κ1) is 25.5. The van der Waals surface area contributed by atoms with Crippen molar-refractivity contribution in [2.24, 2.45) is 0 Å². The minimum atomic E-state index is -0.454. The average Bonchev–Trinajstić information content (AvgIpc) is 3.15. The van der Waals surface area contributed by atoms with Crippen LogP contribution in [0.5, 0.6) is 0 Å². The number of nitrogens with one attached hydrogen (secondary N) is 2. The molecule has 2 aromatic heterocycles. The maximum atomic E-state index is 13.0. The topological polar surface area (TPSA) is 84.2 Å². The second kappa shape index (κ2) is 10.6. The number of pyridine rings is 1. The standard InChI is InChI=1S/C27H19Cl2N3O3.ClH/c1-15-18(14-23(33)31-21-11-2-6-16-7-5-13-30-25(16)21)17-8-3-12-22(26(17)35-15)32-27(34)24-19(28)9-4-10-20(24)29;/h2-13H,14H2,1H3,(H,31,33)(H,32,34);1H. The van der Waals surface area contributed by atoms with E-state index < -0.39 is 5.91 Å². The first-order valence-corrected chi connectivity index (χ1v) is 11.6. The van der Waals surface area contributed by atoms with E-state index in [2.05, 4.69) is 15.6 Å². The number of aryl methyl sites for hydroxylation is 1. The number of benzene rings is 3. The number of carbonyl (C=O) groups is 2. The molecule has 3 aromatic carbocycles. The molecule has 0 bridgehead atoms. The van der Waals surface area contributed by atoms with Crippen molar-refractivity contribution < 1.29 is 14.0 Å². The van der Waals surface area contributed by atoms with Crippen LogP contribution in [0.4, 0.5) is 11.4 Å². The van der Waals surface area contributed by atoms with Gasteiger partial charge in [0.1, 0.15) is 5.76 Å². The van der Waals surface area contributed by atoms with Crippen LogP contribution in [0.15, 0.2) is 77.3 Å². The lowest BCUT2D eigenvalue weighted by molar-refractivity contribution is -0.115. The summed E-state index contributed by atoms with van der Waals surface area (Å²) in [4.78, 5) is 30.2. The minimum Gasteiger partial charge on any atom is -0.459 e. The first-order chi connectivity index (χ1) is 16.9. The van der Waals surface area contributed by atoms with Crippen molar-refractivity contribution in [2.45, 2.75) is 13.3 Å². The van der Waals surface area contributed by atoms with Gasteiger partial charge in [-0.2, -0.15) is 0 Å². The van der Waals surface area contributed by atoms with Crippen LogP contribution in [0.3, 0.4) is 0 Å². The lowest BCUT2D eigenvalue weighted by Crippen LogP contribution is -2.15. The van der Waals surface area contributed by atoms with Gasteiger partial charge >= 0.3 is 0 Å². The Morgan fingerprint density at radius 3 is 2.33 bits per heavy atom. The highest BCUT2D eigenvalue weighted by Crippen LogP contribution is 2.33. The number of nitrogens with zero attached hydrogens (tertiary/aromatic N) is 1. The second-order valence-corrected chi connectivity index (χ2v) is 8.79. The maximum Gasteiger partial charge on any atom is 0.258 e. The molecule has 2 heterocycles. The predicted octanol–water partition coefficient (Wildman–Crippen LogP) is 7.45. The molecule has 0 aliphatic heterocycles. The summed E-state index contributed by atoms with van der Waals surface area (Å²) in [5, 5.41) is 7.95. The Balaban J connectivity index is 0.00000304. The zero-order chi connectivity index (χ0) is 24.5. The zero-order valence-corrected chi connectivity index (χ0v) is 21.3. The molecule has 0 spiro atoms. The number of para-hydroxylation sites is 2. The molecule has 5 rings (SSSR count). The number of hydrogen-bond donors (Lipinski definition) is 2. The van der Waals surface area contributed by atoms with Crippen molar-refractivity contribution in [2.75, 3.05) is 10.6 Å². The second-order valence-electron chi connectivity index (χ2n) is 7.98. The molecule has 0 atom stereocenters. The monoisotopic (exact) mass is 539 g/mol. The van der Waals surface area contributed by atoms with Crippen LogP contribution >= 0.6 is 35.6 Å². The molecule has 0 aliphatic rings. The third-order valence-electron chi connectivity index (χ3n) is 5.70. The number of halogens is 3. The molecule has 6 nitrogen and oxygen atoms in total. The summed E-state index contributed by atoms with van der Waals surface area (Å²) in [6, 6.07) is 19.7. The van der Waals surface area contributed by atoms with Crippen LogP contribution in [-0.2, 0) is 11.2 Å². The normalized spacial score (nSPS) is 10.8. The van der Waals surface area contributed by atoms with E-state index in [0.717, 1.165) is 21.9 Å². The van der Waals surface area contributed by atoms with E-state index in [1.54, 1.807) is 43.5 Å². The molecule has 5 aromatic rings. The van der Waals surface area contributed by atoms with Gasteiger partial charge in [0.05, 0.1) is 38.9 Å². The number of amides is 2. The fourth-order valence-corrected chi connectivity index (χ4v) is 4.64. The summed E-state index contributed by atoms with van der Waals surface area (Å²) in [6.45, 7) is 1.79. The molecule has 2 N–H and O–H groups in total. The van der Waals surface area contributed by atoms with E-state index in [1.165, 1.54) is 0 Å². The predicted molar refractivity (Wildman–Crippen MR) is 147 cm³/mol. The molecule has 36 heavy (non-hydrogen) atoms. The lowest BCUT2D eigenvalue weighted by Gasteiger charge is -2.09. The van der Waals surface area contributed by atoms with Crippen molar-refractivity contribution in [3.05, 3.63) is 99.9 Å². The van der Waals surface area contributed by atoms with E-state index in [-0.39, 0.29) is 40.3 Å². The highest BCUT2D eigenvalue weighted by Gasteiger charge is 2.20. The van der Waals surface area contributed by atoms with Gasteiger partial charge < -0.3 is 15.1 Å². The Morgan fingerprint density at radius 1 is 0.889 bits per heavy atom. The Hall–Kier alpha value is -3.58. The van der Waals surface area contributed by atoms with Crippen LogP contribution in [0.25, 0.3) is 21.9 Å². The molecule has 0 saturated carbocycles. The maximum absolute atomic E-state index is 13.0. The highest BCUT2D eigenvalue weighted by atomic mass is 35.5. The molecule has 182 valence electrons.